The van der Waals surface area contributed by atoms with Gasteiger partial charge in [-0.2, -0.15) is 0 Å². The van der Waals surface area contributed by atoms with Gasteiger partial charge in [0.15, 0.2) is 0 Å². The van der Waals surface area contributed by atoms with E-state index in [0.717, 1.165) is 5.75 Å². The summed E-state index contributed by atoms with van der Waals surface area (Å²) in [5.41, 5.74) is 1.26. The summed E-state index contributed by atoms with van der Waals surface area (Å²) >= 11 is 5.86. The molecule has 2 amide bonds. The molecule has 0 aliphatic carbocycles. The highest BCUT2D eigenvalue weighted by Crippen LogP contribution is 2.19. The molecule has 132 valence electrons. The number of carbonyl (C=O) groups is 2. The zero-order chi connectivity index (χ0) is 18.4. The molecule has 0 aliphatic heterocycles. The second-order valence-electron chi connectivity index (χ2n) is 5.82. The fraction of sp³-hybridized carbons (Fsp3) is 0.263. The Hall–Kier alpha value is -2.53. The monoisotopic (exact) mass is 360 g/mol. The van der Waals surface area contributed by atoms with E-state index in [4.69, 9.17) is 16.3 Å². The number of nitrogens with zero attached hydrogens (tertiary/aromatic N) is 1. The van der Waals surface area contributed by atoms with Gasteiger partial charge in [0.1, 0.15) is 12.3 Å². The number of ether oxygens (including phenoxy) is 1. The van der Waals surface area contributed by atoms with Crippen LogP contribution in [0, 0.1) is 0 Å². The van der Waals surface area contributed by atoms with Crippen molar-refractivity contribution in [1.82, 2.24) is 0 Å². The lowest BCUT2D eigenvalue weighted by atomic mass is 10.2. The van der Waals surface area contributed by atoms with Gasteiger partial charge in [0.25, 0.3) is 0 Å². The molecular formula is C19H21ClN2O3. The van der Waals surface area contributed by atoms with Crippen LogP contribution in [0.15, 0.2) is 48.5 Å². The summed E-state index contributed by atoms with van der Waals surface area (Å²) in [6, 6.07) is 13.9. The van der Waals surface area contributed by atoms with E-state index in [0.29, 0.717) is 16.4 Å². The van der Waals surface area contributed by atoms with Gasteiger partial charge in [0.2, 0.25) is 11.8 Å². The lowest BCUT2D eigenvalue weighted by molar-refractivity contribution is -0.120. The first-order valence-electron chi connectivity index (χ1n) is 7.95. The summed E-state index contributed by atoms with van der Waals surface area (Å²) in [5, 5.41) is 3.34. The lowest BCUT2D eigenvalue weighted by Crippen LogP contribution is -2.36. The molecule has 0 heterocycles. The molecule has 0 fully saturated rings. The van der Waals surface area contributed by atoms with Crippen molar-refractivity contribution in [1.29, 1.82) is 0 Å². The SMILES string of the molecule is CC(=O)N(CC(=O)Nc1ccc(OC(C)C)cc1)c1ccc(Cl)cc1. The predicted molar refractivity (Wildman–Crippen MR) is 100 cm³/mol. The minimum atomic E-state index is -0.289. The van der Waals surface area contributed by atoms with Crippen LogP contribution in [-0.4, -0.2) is 24.5 Å². The first-order valence-corrected chi connectivity index (χ1v) is 8.33. The maximum absolute atomic E-state index is 12.3. The second-order valence-corrected chi connectivity index (χ2v) is 6.26. The van der Waals surface area contributed by atoms with Crippen molar-refractivity contribution in [3.8, 4) is 5.75 Å². The minimum absolute atomic E-state index is 0.0821. The average molecular weight is 361 g/mol. The van der Waals surface area contributed by atoms with Crippen LogP contribution in [0.2, 0.25) is 5.02 Å². The molecule has 0 unspecified atom stereocenters. The van der Waals surface area contributed by atoms with Gasteiger partial charge in [-0.1, -0.05) is 11.6 Å². The third kappa shape index (κ3) is 5.80. The number of nitrogens with one attached hydrogen (secondary N) is 1. The van der Waals surface area contributed by atoms with Crippen molar-refractivity contribution in [2.24, 2.45) is 0 Å². The van der Waals surface area contributed by atoms with Crippen LogP contribution in [-0.2, 0) is 9.59 Å². The predicted octanol–water partition coefficient (Wildman–Crippen LogP) is 4.12. The Kier molecular flexibility index (Phi) is 6.42. The molecule has 2 aromatic carbocycles. The van der Waals surface area contributed by atoms with E-state index in [9.17, 15) is 9.59 Å². The Morgan fingerprint density at radius 2 is 1.68 bits per heavy atom. The Labute approximate surface area is 152 Å². The van der Waals surface area contributed by atoms with Crippen molar-refractivity contribution in [2.75, 3.05) is 16.8 Å². The summed E-state index contributed by atoms with van der Waals surface area (Å²) in [6.07, 6.45) is 0.0870. The zero-order valence-corrected chi connectivity index (χ0v) is 15.2. The molecule has 0 bridgehead atoms. The van der Waals surface area contributed by atoms with Crippen LogP contribution in [0.25, 0.3) is 0 Å². The van der Waals surface area contributed by atoms with Crippen LogP contribution >= 0.6 is 11.6 Å². The molecule has 0 radical (unpaired) electrons. The fourth-order valence-corrected chi connectivity index (χ4v) is 2.36. The van der Waals surface area contributed by atoms with Crippen LogP contribution in [0.3, 0.4) is 0 Å². The van der Waals surface area contributed by atoms with Gasteiger partial charge in [-0.25, -0.2) is 0 Å². The van der Waals surface area contributed by atoms with Crippen LogP contribution < -0.4 is 15.0 Å². The maximum Gasteiger partial charge on any atom is 0.244 e. The molecule has 2 rings (SSSR count). The second kappa shape index (κ2) is 8.53. The fourth-order valence-electron chi connectivity index (χ4n) is 2.24. The van der Waals surface area contributed by atoms with Crippen molar-refractivity contribution < 1.29 is 14.3 Å². The third-order valence-electron chi connectivity index (χ3n) is 3.33. The third-order valence-corrected chi connectivity index (χ3v) is 3.58. The van der Waals surface area contributed by atoms with E-state index in [2.05, 4.69) is 5.32 Å². The number of amides is 2. The number of hydrogen-bond donors (Lipinski definition) is 1. The van der Waals surface area contributed by atoms with Crippen molar-refractivity contribution in [2.45, 2.75) is 26.9 Å². The van der Waals surface area contributed by atoms with E-state index in [1.54, 1.807) is 48.5 Å². The highest BCUT2D eigenvalue weighted by atomic mass is 35.5. The molecule has 0 saturated heterocycles. The average Bonchev–Trinajstić information content (AvgIpc) is 2.55. The largest absolute Gasteiger partial charge is 0.491 e. The van der Waals surface area contributed by atoms with Gasteiger partial charge in [-0.3, -0.25) is 9.59 Å². The molecule has 0 aliphatic rings. The van der Waals surface area contributed by atoms with E-state index in [-0.39, 0.29) is 24.5 Å². The molecule has 0 aromatic heterocycles. The first-order chi connectivity index (χ1) is 11.8. The highest BCUT2D eigenvalue weighted by Gasteiger charge is 2.16. The van der Waals surface area contributed by atoms with Crippen LogP contribution in [0.4, 0.5) is 11.4 Å². The highest BCUT2D eigenvalue weighted by molar-refractivity contribution is 6.30. The van der Waals surface area contributed by atoms with E-state index >= 15 is 0 Å². The Bertz CT molecular complexity index is 727. The van der Waals surface area contributed by atoms with Gasteiger partial charge in [-0.15, -0.1) is 0 Å². The molecule has 0 atom stereocenters. The number of rotatable bonds is 6. The van der Waals surface area contributed by atoms with Crippen molar-refractivity contribution in [3.63, 3.8) is 0 Å². The van der Waals surface area contributed by atoms with Gasteiger partial charge in [-0.05, 0) is 62.4 Å². The smallest absolute Gasteiger partial charge is 0.244 e. The molecule has 6 heteroatoms. The topological polar surface area (TPSA) is 58.6 Å². The molecule has 0 saturated carbocycles. The molecule has 1 N–H and O–H groups in total. The first kappa shape index (κ1) is 18.8. The normalized spacial score (nSPS) is 10.4. The van der Waals surface area contributed by atoms with E-state index < -0.39 is 0 Å². The van der Waals surface area contributed by atoms with Gasteiger partial charge >= 0.3 is 0 Å². The molecule has 0 spiro atoms. The molecule has 25 heavy (non-hydrogen) atoms. The van der Waals surface area contributed by atoms with Crippen LogP contribution in [0.5, 0.6) is 5.75 Å². The summed E-state index contributed by atoms with van der Waals surface area (Å²) in [5.74, 6) is 0.223. The standard InChI is InChI=1S/C19H21ClN2O3/c1-13(2)25-18-10-6-16(7-11-18)21-19(24)12-22(14(3)23)17-8-4-15(20)5-9-17/h4-11,13H,12H2,1-3H3,(H,21,24). The lowest BCUT2D eigenvalue weighted by Gasteiger charge is -2.20. The summed E-state index contributed by atoms with van der Waals surface area (Å²) in [4.78, 5) is 25.5. The number of carbonyl (C=O) groups excluding carboxylic acids is 2. The molecule has 2 aromatic rings. The van der Waals surface area contributed by atoms with Gasteiger partial charge in [0, 0.05) is 23.3 Å². The zero-order valence-electron chi connectivity index (χ0n) is 14.5. The Morgan fingerprint density at radius 1 is 1.08 bits per heavy atom. The summed E-state index contributed by atoms with van der Waals surface area (Å²) in [6.45, 7) is 5.23. The maximum atomic E-state index is 12.3. The minimum Gasteiger partial charge on any atom is -0.491 e. The Morgan fingerprint density at radius 3 is 2.20 bits per heavy atom. The molecular weight excluding hydrogens is 340 g/mol. The number of hydrogen-bond acceptors (Lipinski definition) is 3. The summed E-state index contributed by atoms with van der Waals surface area (Å²) < 4.78 is 5.56. The number of benzene rings is 2. The van der Waals surface area contributed by atoms with Gasteiger partial charge in [0.05, 0.1) is 6.10 Å². The van der Waals surface area contributed by atoms with E-state index in [1.165, 1.54) is 11.8 Å². The van der Waals surface area contributed by atoms with Crippen LogP contribution in [0.1, 0.15) is 20.8 Å². The summed E-state index contributed by atoms with van der Waals surface area (Å²) in [7, 11) is 0. The van der Waals surface area contributed by atoms with Crippen molar-refractivity contribution in [3.05, 3.63) is 53.6 Å². The number of halogens is 1. The van der Waals surface area contributed by atoms with Crippen molar-refractivity contribution >= 4 is 34.8 Å². The molecule has 5 nitrogen and oxygen atoms in total. The number of anilines is 2. The van der Waals surface area contributed by atoms with E-state index in [1.807, 2.05) is 13.8 Å². The Balaban J connectivity index is 2.01. The quantitative estimate of drug-likeness (QED) is 0.843. The van der Waals surface area contributed by atoms with Gasteiger partial charge < -0.3 is 15.0 Å².